The highest BCUT2D eigenvalue weighted by Crippen LogP contribution is 2.45. The fraction of sp³-hybridized carbons (Fsp3) is 0.562. The Morgan fingerprint density at radius 3 is 2.50 bits per heavy atom. The summed E-state index contributed by atoms with van der Waals surface area (Å²) in [6.07, 6.45) is 4.15. The van der Waals surface area contributed by atoms with Gasteiger partial charge in [-0.3, -0.25) is 4.90 Å². The van der Waals surface area contributed by atoms with Crippen molar-refractivity contribution in [1.29, 1.82) is 0 Å². The standard InChI is InChI=1S/C16H22N2O2/c1-15(2)12-20-16(10-6-7-11-16)18(15)14(19)17-13-8-4-3-5-9-13/h3-5,8-9H,6-7,10-12H2,1-2H3,(H,17,19). The van der Waals surface area contributed by atoms with Crippen LogP contribution in [-0.2, 0) is 4.74 Å². The minimum atomic E-state index is -0.387. The highest BCUT2D eigenvalue weighted by atomic mass is 16.5. The molecule has 4 heteroatoms. The number of ether oxygens (including phenoxy) is 1. The quantitative estimate of drug-likeness (QED) is 0.850. The fourth-order valence-electron chi connectivity index (χ4n) is 3.45. The van der Waals surface area contributed by atoms with Crippen LogP contribution in [0.15, 0.2) is 30.3 Å². The number of rotatable bonds is 1. The maximum absolute atomic E-state index is 12.7. The van der Waals surface area contributed by atoms with Crippen LogP contribution in [0.4, 0.5) is 10.5 Å². The van der Waals surface area contributed by atoms with Gasteiger partial charge >= 0.3 is 6.03 Å². The summed E-state index contributed by atoms with van der Waals surface area (Å²) < 4.78 is 6.05. The Morgan fingerprint density at radius 2 is 1.85 bits per heavy atom. The van der Waals surface area contributed by atoms with Gasteiger partial charge in [-0.15, -0.1) is 0 Å². The first-order chi connectivity index (χ1) is 9.54. The SMILES string of the molecule is CC1(C)COC2(CCCC2)N1C(=O)Nc1ccccc1. The van der Waals surface area contributed by atoms with Crippen molar-refractivity contribution in [1.82, 2.24) is 4.90 Å². The van der Waals surface area contributed by atoms with Crippen molar-refractivity contribution in [2.75, 3.05) is 11.9 Å². The minimum absolute atomic E-state index is 0.0550. The van der Waals surface area contributed by atoms with Gasteiger partial charge in [-0.25, -0.2) is 4.79 Å². The van der Waals surface area contributed by atoms with Gasteiger partial charge in [0, 0.05) is 5.69 Å². The van der Waals surface area contributed by atoms with Crippen molar-refractivity contribution >= 4 is 11.7 Å². The van der Waals surface area contributed by atoms with Crippen molar-refractivity contribution in [3.8, 4) is 0 Å². The molecule has 1 spiro atoms. The smallest absolute Gasteiger partial charge is 0.324 e. The van der Waals surface area contributed by atoms with Crippen molar-refractivity contribution < 1.29 is 9.53 Å². The predicted octanol–water partition coefficient (Wildman–Crippen LogP) is 3.60. The van der Waals surface area contributed by atoms with Crippen molar-refractivity contribution in [3.05, 3.63) is 30.3 Å². The molecule has 3 rings (SSSR count). The number of anilines is 1. The number of para-hydroxylation sites is 1. The van der Waals surface area contributed by atoms with Gasteiger partial charge in [-0.05, 0) is 51.7 Å². The summed E-state index contributed by atoms with van der Waals surface area (Å²) in [6, 6.07) is 9.54. The molecule has 0 radical (unpaired) electrons. The normalized spacial score (nSPS) is 23.2. The summed E-state index contributed by atoms with van der Waals surface area (Å²) >= 11 is 0. The molecule has 2 aliphatic rings. The van der Waals surface area contributed by atoms with Crippen LogP contribution in [-0.4, -0.2) is 28.8 Å². The molecule has 108 valence electrons. The molecule has 1 aromatic rings. The number of hydrogen-bond acceptors (Lipinski definition) is 2. The second kappa shape index (κ2) is 4.77. The Balaban J connectivity index is 1.84. The third-order valence-electron chi connectivity index (χ3n) is 4.32. The van der Waals surface area contributed by atoms with Crippen LogP contribution < -0.4 is 5.32 Å². The highest BCUT2D eigenvalue weighted by molar-refractivity contribution is 5.90. The second-order valence-corrected chi connectivity index (χ2v) is 6.39. The molecule has 1 N–H and O–H groups in total. The predicted molar refractivity (Wildman–Crippen MR) is 78.5 cm³/mol. The first-order valence-corrected chi connectivity index (χ1v) is 7.34. The Morgan fingerprint density at radius 1 is 1.20 bits per heavy atom. The molecular weight excluding hydrogens is 252 g/mol. The second-order valence-electron chi connectivity index (χ2n) is 6.39. The summed E-state index contributed by atoms with van der Waals surface area (Å²) in [5.41, 5.74) is 0.180. The molecule has 1 aliphatic carbocycles. The van der Waals surface area contributed by atoms with E-state index in [1.54, 1.807) is 0 Å². The van der Waals surface area contributed by atoms with Crippen LogP contribution in [0.5, 0.6) is 0 Å². The lowest BCUT2D eigenvalue weighted by Gasteiger charge is -2.39. The average Bonchev–Trinajstić information content (AvgIpc) is 2.97. The van der Waals surface area contributed by atoms with Gasteiger partial charge in [0.2, 0.25) is 0 Å². The summed E-state index contributed by atoms with van der Waals surface area (Å²) in [7, 11) is 0. The van der Waals surface area contributed by atoms with Crippen LogP contribution in [0, 0.1) is 0 Å². The number of nitrogens with one attached hydrogen (secondary N) is 1. The lowest BCUT2D eigenvalue weighted by Crippen LogP contribution is -2.55. The van der Waals surface area contributed by atoms with E-state index in [1.807, 2.05) is 35.2 Å². The van der Waals surface area contributed by atoms with E-state index in [4.69, 9.17) is 4.74 Å². The molecular formula is C16H22N2O2. The number of benzene rings is 1. The van der Waals surface area contributed by atoms with E-state index < -0.39 is 0 Å². The first kappa shape index (κ1) is 13.4. The van der Waals surface area contributed by atoms with Gasteiger partial charge < -0.3 is 10.1 Å². The average molecular weight is 274 g/mol. The number of carbonyl (C=O) groups excluding carboxylic acids is 1. The Bertz CT molecular complexity index is 492. The van der Waals surface area contributed by atoms with Crippen molar-refractivity contribution in [2.45, 2.75) is 50.8 Å². The molecule has 2 fully saturated rings. The third-order valence-corrected chi connectivity index (χ3v) is 4.32. The van der Waals surface area contributed by atoms with E-state index in [0.717, 1.165) is 31.4 Å². The molecule has 1 aromatic carbocycles. The molecule has 1 aliphatic heterocycles. The zero-order valence-electron chi connectivity index (χ0n) is 12.2. The number of carbonyl (C=O) groups is 1. The summed E-state index contributed by atoms with van der Waals surface area (Å²) in [4.78, 5) is 14.7. The maximum Gasteiger partial charge on any atom is 0.324 e. The maximum atomic E-state index is 12.7. The van der Waals surface area contributed by atoms with Crippen LogP contribution in [0.2, 0.25) is 0 Å². The van der Waals surface area contributed by atoms with Crippen LogP contribution in [0.25, 0.3) is 0 Å². The first-order valence-electron chi connectivity index (χ1n) is 7.34. The van der Waals surface area contributed by atoms with Gasteiger partial charge in [-0.2, -0.15) is 0 Å². The van der Waals surface area contributed by atoms with Crippen molar-refractivity contribution in [3.63, 3.8) is 0 Å². The third kappa shape index (κ3) is 2.18. The van der Waals surface area contributed by atoms with E-state index in [1.165, 1.54) is 0 Å². The molecule has 0 atom stereocenters. The molecule has 1 saturated heterocycles. The summed E-state index contributed by atoms with van der Waals surface area (Å²) in [5.74, 6) is 0. The number of hydrogen-bond donors (Lipinski definition) is 1. The topological polar surface area (TPSA) is 41.6 Å². The number of amides is 2. The van der Waals surface area contributed by atoms with Gasteiger partial charge in [-0.1, -0.05) is 18.2 Å². The molecule has 0 unspecified atom stereocenters. The van der Waals surface area contributed by atoms with Gasteiger partial charge in [0.1, 0.15) is 5.72 Å². The van der Waals surface area contributed by atoms with Gasteiger partial charge in [0.05, 0.1) is 12.1 Å². The van der Waals surface area contributed by atoms with Crippen LogP contribution >= 0.6 is 0 Å². The molecule has 1 saturated carbocycles. The lowest BCUT2D eigenvalue weighted by atomic mass is 10.0. The van der Waals surface area contributed by atoms with Gasteiger partial charge in [0.15, 0.2) is 0 Å². The van der Waals surface area contributed by atoms with Crippen LogP contribution in [0.1, 0.15) is 39.5 Å². The van der Waals surface area contributed by atoms with Gasteiger partial charge in [0.25, 0.3) is 0 Å². The highest BCUT2D eigenvalue weighted by Gasteiger charge is 2.55. The molecule has 0 bridgehead atoms. The summed E-state index contributed by atoms with van der Waals surface area (Å²) in [5, 5.41) is 3.00. The van der Waals surface area contributed by atoms with Crippen LogP contribution in [0.3, 0.4) is 0 Å². The number of nitrogens with zero attached hydrogens (tertiary/aromatic N) is 1. The molecule has 4 nitrogen and oxygen atoms in total. The van der Waals surface area contributed by atoms with E-state index >= 15 is 0 Å². The van der Waals surface area contributed by atoms with E-state index in [9.17, 15) is 4.79 Å². The van der Waals surface area contributed by atoms with Crippen molar-refractivity contribution in [2.24, 2.45) is 0 Å². The Hall–Kier alpha value is -1.55. The molecule has 20 heavy (non-hydrogen) atoms. The largest absolute Gasteiger partial charge is 0.353 e. The zero-order valence-corrected chi connectivity index (χ0v) is 12.2. The zero-order chi connectivity index (χ0) is 14.2. The molecule has 0 aromatic heterocycles. The van der Waals surface area contributed by atoms with E-state index in [0.29, 0.717) is 6.61 Å². The van der Waals surface area contributed by atoms with E-state index in [2.05, 4.69) is 19.2 Å². The lowest BCUT2D eigenvalue weighted by molar-refractivity contribution is -0.0587. The Labute approximate surface area is 120 Å². The Kier molecular flexibility index (Phi) is 3.21. The van der Waals surface area contributed by atoms with E-state index in [-0.39, 0.29) is 17.3 Å². The minimum Gasteiger partial charge on any atom is -0.353 e. The fourth-order valence-corrected chi connectivity index (χ4v) is 3.45. The molecule has 2 amide bonds. The monoisotopic (exact) mass is 274 g/mol. The number of urea groups is 1. The summed E-state index contributed by atoms with van der Waals surface area (Å²) in [6.45, 7) is 4.75. The molecule has 1 heterocycles.